The number of rotatable bonds is 12. The summed E-state index contributed by atoms with van der Waals surface area (Å²) in [5, 5.41) is 4.16. The minimum absolute atomic E-state index is 0.0997. The van der Waals surface area contributed by atoms with E-state index in [1.807, 2.05) is 19.9 Å². The molecule has 0 saturated carbocycles. The lowest BCUT2D eigenvalue weighted by Gasteiger charge is -2.26. The molecule has 0 spiro atoms. The van der Waals surface area contributed by atoms with Crippen molar-refractivity contribution in [2.75, 3.05) is 39.3 Å². The van der Waals surface area contributed by atoms with Gasteiger partial charge in [0.2, 0.25) is 0 Å². The van der Waals surface area contributed by atoms with Crippen molar-refractivity contribution < 1.29 is 32.2 Å². The lowest BCUT2D eigenvalue weighted by Crippen LogP contribution is -2.39. The Kier molecular flexibility index (Phi) is 10.1. The zero-order valence-electron chi connectivity index (χ0n) is 26.7. The highest BCUT2D eigenvalue weighted by Crippen LogP contribution is 2.37. The van der Waals surface area contributed by atoms with Crippen LogP contribution in [0, 0.1) is 27.7 Å². The van der Waals surface area contributed by atoms with Gasteiger partial charge in [-0.2, -0.15) is 5.10 Å². The summed E-state index contributed by atoms with van der Waals surface area (Å²) in [7, 11) is 1.38. The number of sulfonamides is 1. The zero-order chi connectivity index (χ0) is 32.9. The number of anilines is 1. The van der Waals surface area contributed by atoms with Crippen molar-refractivity contribution in [3.8, 4) is 28.7 Å². The van der Waals surface area contributed by atoms with Gasteiger partial charge in [-0.05, 0) is 81.3 Å². The number of nitrogens with zero attached hydrogens (tertiary/aromatic N) is 3. The summed E-state index contributed by atoms with van der Waals surface area (Å²) >= 11 is 0. The van der Waals surface area contributed by atoms with Gasteiger partial charge in [0.05, 0.1) is 45.2 Å². The SMILES string of the molecule is COc1ccc(OC)c(N(CC(=O)N/N=C\c2cc(C)n(-c3ccc(C)c(C)c3)c2C)S(=O)(=O)c2ccc(OC)c(OC)c2)c1. The van der Waals surface area contributed by atoms with Gasteiger partial charge in [-0.15, -0.1) is 0 Å². The van der Waals surface area contributed by atoms with E-state index in [-0.39, 0.29) is 22.1 Å². The van der Waals surface area contributed by atoms with Gasteiger partial charge in [0.25, 0.3) is 15.9 Å². The molecular weight excluding hydrogens is 596 g/mol. The van der Waals surface area contributed by atoms with Gasteiger partial charge >= 0.3 is 0 Å². The number of hydrogen-bond donors (Lipinski definition) is 1. The second-order valence-corrected chi connectivity index (χ2v) is 12.2. The quantitative estimate of drug-likeness (QED) is 0.170. The van der Waals surface area contributed by atoms with Gasteiger partial charge in [0, 0.05) is 34.8 Å². The molecule has 1 heterocycles. The monoisotopic (exact) mass is 634 g/mol. The number of amides is 1. The first-order valence-electron chi connectivity index (χ1n) is 14.0. The van der Waals surface area contributed by atoms with Crippen LogP contribution in [-0.2, 0) is 14.8 Å². The number of carbonyl (C=O) groups is 1. The number of aromatic nitrogens is 1. The summed E-state index contributed by atoms with van der Waals surface area (Å²) in [6.45, 7) is 7.49. The number of nitrogens with one attached hydrogen (secondary N) is 1. The van der Waals surface area contributed by atoms with Crippen molar-refractivity contribution in [2.24, 2.45) is 5.10 Å². The fourth-order valence-electron chi connectivity index (χ4n) is 4.92. The van der Waals surface area contributed by atoms with E-state index in [2.05, 4.69) is 47.1 Å². The molecule has 11 nitrogen and oxygen atoms in total. The summed E-state index contributed by atoms with van der Waals surface area (Å²) in [5.74, 6) is 0.475. The first kappa shape index (κ1) is 32.9. The number of hydrazone groups is 1. The van der Waals surface area contributed by atoms with Crippen molar-refractivity contribution >= 4 is 27.8 Å². The van der Waals surface area contributed by atoms with E-state index in [1.165, 1.54) is 70.0 Å². The first-order chi connectivity index (χ1) is 21.4. The van der Waals surface area contributed by atoms with Gasteiger partial charge in [-0.3, -0.25) is 9.10 Å². The molecule has 3 aromatic carbocycles. The van der Waals surface area contributed by atoms with Crippen LogP contribution in [0.5, 0.6) is 23.0 Å². The molecule has 4 aromatic rings. The van der Waals surface area contributed by atoms with E-state index in [4.69, 9.17) is 18.9 Å². The highest BCUT2D eigenvalue weighted by molar-refractivity contribution is 7.92. The molecule has 1 N–H and O–H groups in total. The highest BCUT2D eigenvalue weighted by Gasteiger charge is 2.31. The Labute approximate surface area is 264 Å². The third-order valence-electron chi connectivity index (χ3n) is 7.50. The van der Waals surface area contributed by atoms with Crippen molar-refractivity contribution in [2.45, 2.75) is 32.6 Å². The normalized spacial score (nSPS) is 11.4. The molecule has 0 bridgehead atoms. The maximum absolute atomic E-state index is 14.1. The van der Waals surface area contributed by atoms with E-state index in [1.54, 1.807) is 12.1 Å². The van der Waals surface area contributed by atoms with Crippen LogP contribution in [0.2, 0.25) is 0 Å². The van der Waals surface area contributed by atoms with Gasteiger partial charge in [0.1, 0.15) is 18.0 Å². The topological polar surface area (TPSA) is 121 Å². The van der Waals surface area contributed by atoms with Crippen molar-refractivity contribution in [3.63, 3.8) is 0 Å². The van der Waals surface area contributed by atoms with E-state index in [9.17, 15) is 13.2 Å². The fourth-order valence-corrected chi connectivity index (χ4v) is 6.35. The molecule has 238 valence electrons. The van der Waals surface area contributed by atoms with Crippen molar-refractivity contribution in [1.29, 1.82) is 0 Å². The molecule has 45 heavy (non-hydrogen) atoms. The van der Waals surface area contributed by atoms with Crippen LogP contribution >= 0.6 is 0 Å². The summed E-state index contributed by atoms with van der Waals surface area (Å²) < 4.78 is 52.6. The summed E-state index contributed by atoms with van der Waals surface area (Å²) in [4.78, 5) is 13.1. The van der Waals surface area contributed by atoms with Gasteiger partial charge < -0.3 is 23.5 Å². The van der Waals surface area contributed by atoms with Crippen LogP contribution in [0.1, 0.15) is 28.1 Å². The molecule has 1 amide bonds. The Balaban J connectivity index is 1.66. The lowest BCUT2D eigenvalue weighted by atomic mass is 10.1. The van der Waals surface area contributed by atoms with E-state index in [0.29, 0.717) is 11.5 Å². The standard InChI is InChI=1S/C33H38N4O7S/c1-21-9-10-26(15-22(21)2)37-23(3)16-25(24(37)4)19-34-35-33(38)20-36(29-17-27(41-5)11-13-30(29)42-6)45(39,40)28-12-14-31(43-7)32(18-28)44-8/h9-19H,20H2,1-8H3,(H,35,38)/b34-19-. The smallest absolute Gasteiger partial charge is 0.265 e. The molecule has 0 aliphatic carbocycles. The lowest BCUT2D eigenvalue weighted by molar-refractivity contribution is -0.119. The Bertz CT molecular complexity index is 1850. The first-order valence-corrected chi connectivity index (χ1v) is 15.4. The molecule has 0 atom stereocenters. The number of benzene rings is 3. The number of carbonyl (C=O) groups excluding carboxylic acids is 1. The molecule has 0 saturated heterocycles. The number of ether oxygens (including phenoxy) is 4. The average Bonchev–Trinajstić information content (AvgIpc) is 3.32. The van der Waals surface area contributed by atoms with Gasteiger partial charge in [0.15, 0.2) is 11.5 Å². The molecule has 0 fully saturated rings. The minimum Gasteiger partial charge on any atom is -0.497 e. The van der Waals surface area contributed by atoms with Crippen LogP contribution in [0.4, 0.5) is 5.69 Å². The largest absolute Gasteiger partial charge is 0.497 e. The van der Waals surface area contributed by atoms with Gasteiger partial charge in [-0.25, -0.2) is 13.8 Å². The fraction of sp³-hybridized carbons (Fsp3) is 0.273. The second-order valence-electron chi connectivity index (χ2n) is 10.3. The van der Waals surface area contributed by atoms with Crippen molar-refractivity contribution in [1.82, 2.24) is 9.99 Å². The summed E-state index contributed by atoms with van der Waals surface area (Å²) in [6.07, 6.45) is 1.54. The van der Waals surface area contributed by atoms with E-state index >= 15 is 0 Å². The predicted molar refractivity (Wildman–Crippen MR) is 174 cm³/mol. The molecule has 1 aromatic heterocycles. The van der Waals surface area contributed by atoms with Crippen LogP contribution in [0.25, 0.3) is 5.69 Å². The number of methoxy groups -OCH3 is 4. The zero-order valence-corrected chi connectivity index (χ0v) is 27.5. The highest BCUT2D eigenvalue weighted by atomic mass is 32.2. The molecule has 4 rings (SSSR count). The molecular formula is C33H38N4O7S. The molecule has 0 aliphatic rings. The summed E-state index contributed by atoms with van der Waals surface area (Å²) in [5.41, 5.74) is 8.73. The Morgan fingerprint density at radius 1 is 0.822 bits per heavy atom. The Hall–Kier alpha value is -4.97. The Morgan fingerprint density at radius 2 is 1.51 bits per heavy atom. The van der Waals surface area contributed by atoms with Crippen LogP contribution < -0.4 is 28.7 Å². The van der Waals surface area contributed by atoms with Crippen LogP contribution in [0.15, 0.2) is 70.7 Å². The number of aryl methyl sites for hydroxylation is 3. The van der Waals surface area contributed by atoms with Gasteiger partial charge in [-0.1, -0.05) is 6.07 Å². The Morgan fingerprint density at radius 3 is 2.16 bits per heavy atom. The molecule has 0 radical (unpaired) electrons. The van der Waals surface area contributed by atoms with Crippen molar-refractivity contribution in [3.05, 3.63) is 88.7 Å². The van der Waals surface area contributed by atoms with E-state index in [0.717, 1.165) is 26.9 Å². The third kappa shape index (κ3) is 6.91. The predicted octanol–water partition coefficient (Wildman–Crippen LogP) is 5.09. The van der Waals surface area contributed by atoms with Crippen LogP contribution in [0.3, 0.4) is 0 Å². The molecule has 0 unspecified atom stereocenters. The average molecular weight is 635 g/mol. The maximum Gasteiger partial charge on any atom is 0.265 e. The number of hydrogen-bond acceptors (Lipinski definition) is 8. The maximum atomic E-state index is 14.1. The second kappa shape index (κ2) is 13.8. The molecule has 12 heteroatoms. The minimum atomic E-state index is -4.34. The van der Waals surface area contributed by atoms with E-state index < -0.39 is 22.5 Å². The third-order valence-corrected chi connectivity index (χ3v) is 9.25. The summed E-state index contributed by atoms with van der Waals surface area (Å²) in [6, 6.07) is 17.1. The molecule has 0 aliphatic heterocycles. The van der Waals surface area contributed by atoms with Crippen LogP contribution in [-0.4, -0.2) is 60.1 Å².